The Morgan fingerprint density at radius 3 is 2.32 bits per heavy atom. The van der Waals surface area contributed by atoms with Gasteiger partial charge in [-0.3, -0.25) is 14.6 Å². The number of carbonyl (C=O) groups is 2. The van der Waals surface area contributed by atoms with Crippen LogP contribution >= 0.6 is 24.0 Å². The molecule has 2 amide bonds. The standard InChI is InChI=1S/C20H31N5O2.HI/c1-14(2)25-17(26)12-24(13-20(25,3)4)19(22-6)23-11-15-7-9-16(10-8-15)18(27)21-5;/h7-10,14H,11-13H2,1-6H3,(H,21,27)(H,22,23);1H. The van der Waals surface area contributed by atoms with Crippen LogP contribution in [0.25, 0.3) is 0 Å². The van der Waals surface area contributed by atoms with Crippen LogP contribution in [0.5, 0.6) is 0 Å². The third kappa shape index (κ3) is 5.59. The summed E-state index contributed by atoms with van der Waals surface area (Å²) < 4.78 is 0. The van der Waals surface area contributed by atoms with Crippen LogP contribution in [-0.4, -0.2) is 66.3 Å². The normalized spacial score (nSPS) is 16.7. The van der Waals surface area contributed by atoms with Crippen molar-refractivity contribution in [3.8, 4) is 0 Å². The van der Waals surface area contributed by atoms with Gasteiger partial charge in [0, 0.05) is 38.8 Å². The van der Waals surface area contributed by atoms with Gasteiger partial charge in [0.05, 0.1) is 12.1 Å². The minimum atomic E-state index is -0.268. The molecule has 0 atom stereocenters. The Kier molecular flexibility index (Phi) is 8.72. The fourth-order valence-electron chi connectivity index (χ4n) is 3.74. The lowest BCUT2D eigenvalue weighted by Gasteiger charge is -2.49. The number of hydrogen-bond acceptors (Lipinski definition) is 3. The maximum atomic E-state index is 12.6. The second kappa shape index (κ2) is 10.1. The lowest BCUT2D eigenvalue weighted by Crippen LogP contribution is -2.66. The number of piperazine rings is 1. The summed E-state index contributed by atoms with van der Waals surface area (Å²) in [6, 6.07) is 7.59. The molecule has 1 fully saturated rings. The van der Waals surface area contributed by atoms with Crippen molar-refractivity contribution in [3.05, 3.63) is 35.4 Å². The highest BCUT2D eigenvalue weighted by atomic mass is 127. The number of benzene rings is 1. The average Bonchev–Trinajstić information content (AvgIpc) is 2.60. The molecule has 8 heteroatoms. The molecule has 2 N–H and O–H groups in total. The first-order valence-corrected chi connectivity index (χ1v) is 9.28. The van der Waals surface area contributed by atoms with E-state index in [9.17, 15) is 9.59 Å². The van der Waals surface area contributed by atoms with Crippen molar-refractivity contribution in [3.63, 3.8) is 0 Å². The Hall–Kier alpha value is -1.84. The largest absolute Gasteiger partial charge is 0.355 e. The van der Waals surface area contributed by atoms with Gasteiger partial charge in [-0.1, -0.05) is 12.1 Å². The van der Waals surface area contributed by atoms with Gasteiger partial charge in [-0.05, 0) is 45.4 Å². The first-order valence-electron chi connectivity index (χ1n) is 9.28. The monoisotopic (exact) mass is 501 g/mol. The quantitative estimate of drug-likeness (QED) is 0.377. The summed E-state index contributed by atoms with van der Waals surface area (Å²) >= 11 is 0. The first kappa shape index (κ1) is 24.2. The molecule has 1 aromatic rings. The predicted molar refractivity (Wildman–Crippen MR) is 123 cm³/mol. The second-order valence-corrected chi connectivity index (χ2v) is 7.70. The molecule has 2 rings (SSSR count). The smallest absolute Gasteiger partial charge is 0.251 e. The van der Waals surface area contributed by atoms with E-state index in [-0.39, 0.29) is 47.4 Å². The number of hydrogen-bond donors (Lipinski definition) is 2. The molecular weight excluding hydrogens is 469 g/mol. The van der Waals surface area contributed by atoms with Crippen LogP contribution in [0.1, 0.15) is 43.6 Å². The Balaban J connectivity index is 0.00000392. The zero-order valence-electron chi connectivity index (χ0n) is 17.6. The number of carbonyl (C=O) groups excluding carboxylic acids is 2. The molecule has 0 saturated carbocycles. The van der Waals surface area contributed by atoms with Crippen molar-refractivity contribution in [2.45, 2.75) is 45.8 Å². The predicted octanol–water partition coefficient (Wildman–Crippen LogP) is 2.07. The third-order valence-corrected chi connectivity index (χ3v) is 4.75. The summed E-state index contributed by atoms with van der Waals surface area (Å²) in [4.78, 5) is 32.6. The minimum absolute atomic E-state index is 0. The SMILES string of the molecule is CN=C(NCc1ccc(C(=O)NC)cc1)N1CC(=O)N(C(C)C)C(C)(C)C1.I. The van der Waals surface area contributed by atoms with Gasteiger partial charge in [-0.25, -0.2) is 0 Å². The molecule has 1 heterocycles. The van der Waals surface area contributed by atoms with E-state index in [1.807, 2.05) is 35.8 Å². The van der Waals surface area contributed by atoms with Crippen LogP contribution in [-0.2, 0) is 11.3 Å². The molecule has 156 valence electrons. The molecule has 0 aliphatic carbocycles. The molecule has 0 unspecified atom stereocenters. The molecule has 1 aromatic carbocycles. The molecule has 1 aliphatic rings. The van der Waals surface area contributed by atoms with E-state index in [0.29, 0.717) is 31.2 Å². The van der Waals surface area contributed by atoms with Crippen LogP contribution in [0.15, 0.2) is 29.3 Å². The zero-order chi connectivity index (χ0) is 20.2. The lowest BCUT2D eigenvalue weighted by atomic mass is 9.96. The van der Waals surface area contributed by atoms with Gasteiger partial charge in [0.2, 0.25) is 5.91 Å². The van der Waals surface area contributed by atoms with Gasteiger partial charge in [0.1, 0.15) is 0 Å². The van der Waals surface area contributed by atoms with Crippen LogP contribution < -0.4 is 10.6 Å². The van der Waals surface area contributed by atoms with Crippen LogP contribution in [0.4, 0.5) is 0 Å². The van der Waals surface area contributed by atoms with E-state index in [1.165, 1.54) is 0 Å². The highest BCUT2D eigenvalue weighted by Gasteiger charge is 2.40. The van der Waals surface area contributed by atoms with E-state index in [4.69, 9.17) is 0 Å². The highest BCUT2D eigenvalue weighted by Crippen LogP contribution is 2.24. The third-order valence-electron chi connectivity index (χ3n) is 4.75. The highest BCUT2D eigenvalue weighted by molar-refractivity contribution is 14.0. The zero-order valence-corrected chi connectivity index (χ0v) is 19.9. The maximum Gasteiger partial charge on any atom is 0.251 e. The van der Waals surface area contributed by atoms with Crippen molar-refractivity contribution < 1.29 is 9.59 Å². The van der Waals surface area contributed by atoms with E-state index in [1.54, 1.807) is 26.2 Å². The molecule has 0 radical (unpaired) electrons. The van der Waals surface area contributed by atoms with Crippen molar-refractivity contribution in [1.29, 1.82) is 0 Å². The van der Waals surface area contributed by atoms with Gasteiger partial charge in [0.25, 0.3) is 5.91 Å². The van der Waals surface area contributed by atoms with Crippen LogP contribution in [0.2, 0.25) is 0 Å². The summed E-state index contributed by atoms with van der Waals surface area (Å²) in [7, 11) is 3.34. The van der Waals surface area contributed by atoms with Gasteiger partial charge in [-0.15, -0.1) is 24.0 Å². The fraction of sp³-hybridized carbons (Fsp3) is 0.550. The van der Waals surface area contributed by atoms with Crippen molar-refractivity contribution in [2.75, 3.05) is 27.2 Å². The number of aliphatic imine (C=N–C) groups is 1. The Morgan fingerprint density at radius 1 is 1.25 bits per heavy atom. The Morgan fingerprint density at radius 2 is 1.86 bits per heavy atom. The number of nitrogens with one attached hydrogen (secondary N) is 2. The Bertz CT molecular complexity index is 716. The van der Waals surface area contributed by atoms with E-state index in [2.05, 4.69) is 29.5 Å². The minimum Gasteiger partial charge on any atom is -0.355 e. The fourth-order valence-corrected chi connectivity index (χ4v) is 3.74. The second-order valence-electron chi connectivity index (χ2n) is 7.70. The lowest BCUT2D eigenvalue weighted by molar-refractivity contribution is -0.145. The Labute approximate surface area is 185 Å². The molecule has 7 nitrogen and oxygen atoms in total. The molecule has 1 aliphatic heterocycles. The van der Waals surface area contributed by atoms with Crippen LogP contribution in [0.3, 0.4) is 0 Å². The number of guanidine groups is 1. The molecule has 0 bridgehead atoms. The van der Waals surface area contributed by atoms with E-state index in [0.717, 1.165) is 5.56 Å². The summed E-state index contributed by atoms with van der Waals surface area (Å²) in [6.07, 6.45) is 0. The van der Waals surface area contributed by atoms with Crippen LogP contribution in [0, 0.1) is 0 Å². The topological polar surface area (TPSA) is 77.0 Å². The first-order chi connectivity index (χ1) is 12.7. The number of rotatable bonds is 4. The molecule has 28 heavy (non-hydrogen) atoms. The number of halogens is 1. The van der Waals surface area contributed by atoms with Gasteiger partial charge in [-0.2, -0.15) is 0 Å². The van der Waals surface area contributed by atoms with Crippen molar-refractivity contribution >= 4 is 41.8 Å². The summed E-state index contributed by atoms with van der Waals surface area (Å²) in [5.41, 5.74) is 1.40. The van der Waals surface area contributed by atoms with Gasteiger partial charge in [0.15, 0.2) is 5.96 Å². The number of amides is 2. The molecule has 0 aromatic heterocycles. The molecule has 1 saturated heterocycles. The maximum absolute atomic E-state index is 12.6. The van der Waals surface area contributed by atoms with Gasteiger partial charge >= 0.3 is 0 Å². The van der Waals surface area contributed by atoms with E-state index >= 15 is 0 Å². The van der Waals surface area contributed by atoms with E-state index < -0.39 is 0 Å². The number of nitrogens with zero attached hydrogens (tertiary/aromatic N) is 3. The van der Waals surface area contributed by atoms with Crippen molar-refractivity contribution in [1.82, 2.24) is 20.4 Å². The summed E-state index contributed by atoms with van der Waals surface area (Å²) in [6.45, 7) is 9.86. The summed E-state index contributed by atoms with van der Waals surface area (Å²) in [5, 5.41) is 5.94. The molecular formula is C20H32IN5O2. The van der Waals surface area contributed by atoms with Crippen molar-refractivity contribution in [2.24, 2.45) is 4.99 Å². The molecule has 0 spiro atoms. The van der Waals surface area contributed by atoms with Gasteiger partial charge < -0.3 is 20.4 Å². The average molecular weight is 501 g/mol. The summed E-state index contributed by atoms with van der Waals surface area (Å²) in [5.74, 6) is 0.712.